The second kappa shape index (κ2) is 6.12. The van der Waals surface area contributed by atoms with Crippen LogP contribution >= 0.6 is 12.4 Å². The third-order valence-electron chi connectivity index (χ3n) is 2.59. The molecule has 0 saturated heterocycles. The zero-order chi connectivity index (χ0) is 12.3. The van der Waals surface area contributed by atoms with E-state index in [2.05, 4.69) is 0 Å². The summed E-state index contributed by atoms with van der Waals surface area (Å²) in [5.41, 5.74) is 4.78. The number of rotatable bonds is 4. The van der Waals surface area contributed by atoms with Gasteiger partial charge in [-0.1, -0.05) is 38.1 Å². The van der Waals surface area contributed by atoms with Gasteiger partial charge in [0, 0.05) is 11.1 Å². The number of aldehydes is 1. The first-order chi connectivity index (χ1) is 7.39. The summed E-state index contributed by atoms with van der Waals surface area (Å²) in [5, 5.41) is 19.8. The van der Waals surface area contributed by atoms with Crippen molar-refractivity contribution in [2.75, 3.05) is 0 Å². The van der Waals surface area contributed by atoms with Crippen molar-refractivity contribution in [2.45, 2.75) is 25.7 Å². The Morgan fingerprint density at radius 2 is 1.76 bits per heavy atom. The van der Waals surface area contributed by atoms with Crippen molar-refractivity contribution in [3.63, 3.8) is 0 Å². The highest BCUT2D eigenvalue weighted by atomic mass is 35.5. The number of nitrogens with two attached hydrogens (primary N) is 1. The zero-order valence-corrected chi connectivity index (χ0v) is 10.6. The van der Waals surface area contributed by atoms with E-state index in [1.165, 1.54) is 12.1 Å². The molecule has 1 rings (SSSR count). The molecule has 17 heavy (non-hydrogen) atoms. The lowest BCUT2D eigenvalue weighted by Gasteiger charge is -2.31. The number of carbonyl (C=O) groups excluding carboxylic acids is 1. The SMILES string of the molecule is CC(C)[C@H](O)[C@@](N)(O)c1ccc(C=O)cc1.Cl. The fourth-order valence-electron chi connectivity index (χ4n) is 1.51. The van der Waals surface area contributed by atoms with Crippen molar-refractivity contribution >= 4 is 18.7 Å². The van der Waals surface area contributed by atoms with Gasteiger partial charge in [0.2, 0.25) is 0 Å². The number of halogens is 1. The summed E-state index contributed by atoms with van der Waals surface area (Å²) in [5.74, 6) is -0.166. The zero-order valence-electron chi connectivity index (χ0n) is 9.83. The molecule has 0 amide bonds. The van der Waals surface area contributed by atoms with Crippen LogP contribution in [0.25, 0.3) is 0 Å². The molecule has 4 N–H and O–H groups in total. The molecule has 0 aliphatic rings. The van der Waals surface area contributed by atoms with Crippen LogP contribution in [0.15, 0.2) is 24.3 Å². The smallest absolute Gasteiger partial charge is 0.166 e. The minimum atomic E-state index is -1.80. The van der Waals surface area contributed by atoms with E-state index in [0.29, 0.717) is 17.4 Å². The minimum absolute atomic E-state index is 0. The summed E-state index contributed by atoms with van der Waals surface area (Å²) in [6.45, 7) is 3.53. The first-order valence-electron chi connectivity index (χ1n) is 5.14. The van der Waals surface area contributed by atoms with E-state index >= 15 is 0 Å². The third kappa shape index (κ3) is 3.51. The molecule has 0 spiro atoms. The van der Waals surface area contributed by atoms with E-state index < -0.39 is 11.8 Å². The summed E-state index contributed by atoms with van der Waals surface area (Å²) in [6, 6.07) is 6.17. The van der Waals surface area contributed by atoms with Gasteiger partial charge in [-0.2, -0.15) is 0 Å². The number of hydrogen-bond acceptors (Lipinski definition) is 4. The molecule has 0 radical (unpaired) electrons. The van der Waals surface area contributed by atoms with Crippen LogP contribution < -0.4 is 5.73 Å². The lowest BCUT2D eigenvalue weighted by Crippen LogP contribution is -2.50. The van der Waals surface area contributed by atoms with Crippen LogP contribution in [-0.4, -0.2) is 22.6 Å². The molecule has 0 unspecified atom stereocenters. The lowest BCUT2D eigenvalue weighted by atomic mass is 9.90. The van der Waals surface area contributed by atoms with Crippen molar-refractivity contribution in [1.29, 1.82) is 0 Å². The predicted molar refractivity (Wildman–Crippen MR) is 68.0 cm³/mol. The van der Waals surface area contributed by atoms with Crippen molar-refractivity contribution in [3.05, 3.63) is 35.4 Å². The number of aliphatic hydroxyl groups excluding tert-OH is 1. The Hall–Kier alpha value is -0.940. The third-order valence-corrected chi connectivity index (χ3v) is 2.59. The second-order valence-corrected chi connectivity index (χ2v) is 4.25. The normalized spacial score (nSPS) is 15.9. The summed E-state index contributed by atoms with van der Waals surface area (Å²) in [6.07, 6.45) is -0.354. The van der Waals surface area contributed by atoms with Crippen LogP contribution in [0.3, 0.4) is 0 Å². The molecule has 0 fully saturated rings. The number of carbonyl (C=O) groups is 1. The Labute approximate surface area is 107 Å². The van der Waals surface area contributed by atoms with E-state index in [0.717, 1.165) is 0 Å². The van der Waals surface area contributed by atoms with E-state index in [4.69, 9.17) is 5.73 Å². The van der Waals surface area contributed by atoms with Gasteiger partial charge in [0.25, 0.3) is 0 Å². The molecule has 0 aliphatic carbocycles. The van der Waals surface area contributed by atoms with Gasteiger partial charge in [0.15, 0.2) is 5.72 Å². The highest BCUT2D eigenvalue weighted by Crippen LogP contribution is 2.24. The Morgan fingerprint density at radius 3 is 2.12 bits per heavy atom. The van der Waals surface area contributed by atoms with Gasteiger partial charge in [-0.05, 0) is 5.92 Å². The van der Waals surface area contributed by atoms with Crippen LogP contribution in [0.5, 0.6) is 0 Å². The predicted octanol–water partition coefficient (Wildman–Crippen LogP) is 1.04. The van der Waals surface area contributed by atoms with Gasteiger partial charge >= 0.3 is 0 Å². The number of benzene rings is 1. The second-order valence-electron chi connectivity index (χ2n) is 4.25. The van der Waals surface area contributed by atoms with E-state index in [1.807, 2.05) is 0 Å². The highest BCUT2D eigenvalue weighted by Gasteiger charge is 2.35. The van der Waals surface area contributed by atoms with Crippen LogP contribution in [0.2, 0.25) is 0 Å². The van der Waals surface area contributed by atoms with Gasteiger partial charge in [-0.3, -0.25) is 10.5 Å². The Morgan fingerprint density at radius 1 is 1.29 bits per heavy atom. The largest absolute Gasteiger partial charge is 0.388 e. The van der Waals surface area contributed by atoms with Crippen LogP contribution in [0.1, 0.15) is 29.8 Å². The highest BCUT2D eigenvalue weighted by molar-refractivity contribution is 5.85. The van der Waals surface area contributed by atoms with Gasteiger partial charge < -0.3 is 10.2 Å². The first-order valence-corrected chi connectivity index (χ1v) is 5.14. The first kappa shape index (κ1) is 16.1. The standard InChI is InChI=1S/C12H17NO3.ClH/c1-8(2)11(15)12(13,16)10-5-3-9(7-14)4-6-10;/h3-8,11,15-16H,13H2,1-2H3;1H/t11-,12-;/m0./s1. The lowest BCUT2D eigenvalue weighted by molar-refractivity contribution is -0.0965. The number of hydrogen-bond donors (Lipinski definition) is 3. The van der Waals surface area contributed by atoms with E-state index in [9.17, 15) is 15.0 Å². The average Bonchev–Trinajstić information content (AvgIpc) is 2.28. The molecule has 0 saturated carbocycles. The summed E-state index contributed by atoms with van der Waals surface area (Å²) in [4.78, 5) is 10.5. The van der Waals surface area contributed by atoms with Crippen LogP contribution in [0, 0.1) is 5.92 Å². The summed E-state index contributed by atoms with van der Waals surface area (Å²) < 4.78 is 0. The number of aliphatic hydroxyl groups is 2. The maximum absolute atomic E-state index is 10.5. The minimum Gasteiger partial charge on any atom is -0.388 e. The van der Waals surface area contributed by atoms with Crippen molar-refractivity contribution in [2.24, 2.45) is 11.7 Å². The molecule has 96 valence electrons. The molecule has 1 aromatic rings. The topological polar surface area (TPSA) is 83.6 Å². The van der Waals surface area contributed by atoms with Crippen molar-refractivity contribution < 1.29 is 15.0 Å². The Balaban J connectivity index is 0.00000256. The van der Waals surface area contributed by atoms with Gasteiger partial charge in [-0.25, -0.2) is 0 Å². The fourth-order valence-corrected chi connectivity index (χ4v) is 1.51. The van der Waals surface area contributed by atoms with Gasteiger partial charge in [0.05, 0.1) is 0 Å². The quantitative estimate of drug-likeness (QED) is 0.557. The molecule has 0 aliphatic heterocycles. The maximum atomic E-state index is 10.5. The van der Waals surface area contributed by atoms with Crippen molar-refractivity contribution in [1.82, 2.24) is 0 Å². The van der Waals surface area contributed by atoms with Crippen LogP contribution in [-0.2, 0) is 5.72 Å². The molecule has 0 heterocycles. The fraction of sp³-hybridized carbons (Fsp3) is 0.417. The molecule has 4 nitrogen and oxygen atoms in total. The van der Waals surface area contributed by atoms with E-state index in [-0.39, 0.29) is 18.3 Å². The molecule has 0 aromatic heterocycles. The average molecular weight is 260 g/mol. The molecule has 1 aromatic carbocycles. The Bertz CT molecular complexity index is 363. The monoisotopic (exact) mass is 259 g/mol. The van der Waals surface area contributed by atoms with Gasteiger partial charge in [-0.15, -0.1) is 12.4 Å². The molecule has 0 bridgehead atoms. The summed E-state index contributed by atoms with van der Waals surface area (Å²) >= 11 is 0. The van der Waals surface area contributed by atoms with Crippen molar-refractivity contribution in [3.8, 4) is 0 Å². The van der Waals surface area contributed by atoms with Crippen LogP contribution in [0.4, 0.5) is 0 Å². The molecular formula is C12H18ClNO3. The van der Waals surface area contributed by atoms with E-state index in [1.54, 1.807) is 26.0 Å². The summed E-state index contributed by atoms with van der Waals surface area (Å²) in [7, 11) is 0. The Kier molecular flexibility index (Phi) is 5.78. The molecule has 2 atom stereocenters. The molecule has 5 heteroatoms. The molecular weight excluding hydrogens is 242 g/mol. The van der Waals surface area contributed by atoms with Gasteiger partial charge in [0.1, 0.15) is 12.4 Å². The maximum Gasteiger partial charge on any atom is 0.166 e.